The summed E-state index contributed by atoms with van der Waals surface area (Å²) < 4.78 is 55.0. The maximum atomic E-state index is 14.1. The molecule has 0 spiro atoms. The number of rotatable bonds is 2. The summed E-state index contributed by atoms with van der Waals surface area (Å²) in [6.07, 6.45) is -2.47. The first-order valence-corrected chi connectivity index (χ1v) is 10.7. The van der Waals surface area contributed by atoms with E-state index in [1.165, 1.54) is 4.90 Å². The first-order chi connectivity index (χ1) is 16.5. The molecule has 11 heteroatoms. The average molecular weight is 484 g/mol. The highest BCUT2D eigenvalue weighted by molar-refractivity contribution is 6.03. The molecule has 1 aliphatic rings. The number of nitrogens with one attached hydrogen (secondary N) is 1. The number of aryl methyl sites for hydroxylation is 2. The molecule has 3 N–H and O–H groups in total. The topological polar surface area (TPSA) is 88.5 Å². The van der Waals surface area contributed by atoms with Crippen molar-refractivity contribution in [3.63, 3.8) is 0 Å². The van der Waals surface area contributed by atoms with Gasteiger partial charge in [-0.3, -0.25) is 9.30 Å². The van der Waals surface area contributed by atoms with E-state index in [0.29, 0.717) is 47.3 Å². The van der Waals surface area contributed by atoms with Gasteiger partial charge >= 0.3 is 12.2 Å². The molecule has 4 aromatic rings. The van der Waals surface area contributed by atoms with Crippen molar-refractivity contribution in [2.45, 2.75) is 26.4 Å². The third kappa shape index (κ3) is 3.82. The lowest BCUT2D eigenvalue weighted by molar-refractivity contribution is -0.137. The van der Waals surface area contributed by atoms with Gasteiger partial charge in [-0.05, 0) is 56.2 Å². The monoisotopic (exact) mass is 484 g/mol. The van der Waals surface area contributed by atoms with Gasteiger partial charge in [0.25, 0.3) is 0 Å². The lowest BCUT2D eigenvalue weighted by atomic mass is 10.1. The van der Waals surface area contributed by atoms with E-state index < -0.39 is 29.3 Å². The summed E-state index contributed by atoms with van der Waals surface area (Å²) >= 11 is 0. The average Bonchev–Trinajstić information content (AvgIpc) is 3.38. The number of benzene rings is 2. The predicted molar refractivity (Wildman–Crippen MR) is 124 cm³/mol. The molecule has 3 heterocycles. The van der Waals surface area contributed by atoms with Gasteiger partial charge in [0.1, 0.15) is 28.7 Å². The summed E-state index contributed by atoms with van der Waals surface area (Å²) in [7, 11) is 0. The molecule has 180 valence electrons. The van der Waals surface area contributed by atoms with E-state index in [1.54, 1.807) is 18.3 Å². The van der Waals surface area contributed by atoms with E-state index in [2.05, 4.69) is 15.3 Å². The van der Waals surface area contributed by atoms with Crippen LogP contribution in [0.4, 0.5) is 39.5 Å². The van der Waals surface area contributed by atoms with Crippen LogP contribution in [0.25, 0.3) is 16.8 Å². The van der Waals surface area contributed by atoms with Crippen molar-refractivity contribution in [1.82, 2.24) is 14.4 Å². The van der Waals surface area contributed by atoms with Crippen LogP contribution in [0.2, 0.25) is 0 Å². The first kappa shape index (κ1) is 22.6. The summed E-state index contributed by atoms with van der Waals surface area (Å²) in [4.78, 5) is 23.1. The summed E-state index contributed by atoms with van der Waals surface area (Å²) in [5.74, 6) is 0.145. The molecular formula is C24H20F4N6O. The van der Waals surface area contributed by atoms with Crippen LogP contribution in [-0.4, -0.2) is 26.9 Å². The van der Waals surface area contributed by atoms with Gasteiger partial charge in [0, 0.05) is 29.7 Å². The zero-order valence-electron chi connectivity index (χ0n) is 18.7. The minimum atomic E-state index is -4.66. The van der Waals surface area contributed by atoms with E-state index in [4.69, 9.17) is 5.73 Å². The molecule has 0 saturated heterocycles. The number of amides is 2. The molecule has 0 fully saturated rings. The Morgan fingerprint density at radius 1 is 1.14 bits per heavy atom. The summed E-state index contributed by atoms with van der Waals surface area (Å²) in [6, 6.07) is 6.60. The molecule has 2 amide bonds. The van der Waals surface area contributed by atoms with Gasteiger partial charge < -0.3 is 11.1 Å². The van der Waals surface area contributed by atoms with Crippen LogP contribution in [-0.2, 0) is 12.6 Å². The molecule has 0 radical (unpaired) electrons. The van der Waals surface area contributed by atoms with Crippen LogP contribution >= 0.6 is 0 Å². The molecule has 0 bridgehead atoms. The quantitative estimate of drug-likeness (QED) is 0.376. The van der Waals surface area contributed by atoms with E-state index in [-0.39, 0.29) is 6.54 Å². The third-order valence-electron chi connectivity index (χ3n) is 6.06. The zero-order valence-corrected chi connectivity index (χ0v) is 18.7. The molecule has 0 unspecified atom stereocenters. The summed E-state index contributed by atoms with van der Waals surface area (Å²) in [5.41, 5.74) is 9.02. The Kier molecular flexibility index (Phi) is 5.15. The molecular weight excluding hydrogens is 464 g/mol. The molecule has 2 aromatic heterocycles. The number of carbonyl (C=O) groups excluding carboxylic acids is 1. The molecule has 1 aliphatic heterocycles. The van der Waals surface area contributed by atoms with Crippen molar-refractivity contribution in [2.75, 3.05) is 22.5 Å². The van der Waals surface area contributed by atoms with Crippen molar-refractivity contribution >= 4 is 28.7 Å². The van der Waals surface area contributed by atoms with E-state index >= 15 is 0 Å². The Hall–Kier alpha value is -4.15. The number of urea groups is 1. The molecule has 7 nitrogen and oxygen atoms in total. The number of anilines is 3. The minimum absolute atomic E-state index is 0.289. The second kappa shape index (κ2) is 7.97. The highest BCUT2D eigenvalue weighted by Crippen LogP contribution is 2.36. The lowest BCUT2D eigenvalue weighted by Gasteiger charge is -2.19. The largest absolute Gasteiger partial charge is 0.416 e. The van der Waals surface area contributed by atoms with Crippen molar-refractivity contribution in [2.24, 2.45) is 0 Å². The van der Waals surface area contributed by atoms with Gasteiger partial charge in [-0.1, -0.05) is 6.07 Å². The van der Waals surface area contributed by atoms with Crippen molar-refractivity contribution < 1.29 is 22.4 Å². The van der Waals surface area contributed by atoms with Crippen molar-refractivity contribution in [3.05, 3.63) is 71.1 Å². The molecule has 0 saturated carbocycles. The number of hydrogen-bond donors (Lipinski definition) is 2. The Morgan fingerprint density at radius 3 is 2.66 bits per heavy atom. The lowest BCUT2D eigenvalue weighted by Crippen LogP contribution is -2.33. The maximum Gasteiger partial charge on any atom is 0.416 e. The van der Waals surface area contributed by atoms with Gasteiger partial charge in [-0.25, -0.2) is 19.2 Å². The van der Waals surface area contributed by atoms with Gasteiger partial charge in [0.15, 0.2) is 0 Å². The second-order valence-electron chi connectivity index (χ2n) is 8.34. The SMILES string of the molecule is Cc1cnc(N)c2c(-c3ccc4c(c3)CCN4C(=O)Nc3cc(C(F)(F)F)ccc3F)nc(C)n12. The minimum Gasteiger partial charge on any atom is -0.382 e. The maximum absolute atomic E-state index is 14.1. The molecule has 2 aromatic carbocycles. The first-order valence-electron chi connectivity index (χ1n) is 10.7. The molecule has 5 rings (SSSR count). The number of carbonyl (C=O) groups is 1. The molecule has 0 atom stereocenters. The van der Waals surface area contributed by atoms with Crippen LogP contribution in [0.15, 0.2) is 42.6 Å². The zero-order chi connectivity index (χ0) is 25.1. The highest BCUT2D eigenvalue weighted by atomic mass is 19.4. The number of nitrogen functional groups attached to an aromatic ring is 1. The van der Waals surface area contributed by atoms with E-state index in [9.17, 15) is 22.4 Å². The van der Waals surface area contributed by atoms with Gasteiger partial charge in [0.2, 0.25) is 0 Å². The number of fused-ring (bicyclic) bond motifs is 2. The fourth-order valence-corrected chi connectivity index (χ4v) is 4.42. The molecule has 35 heavy (non-hydrogen) atoms. The Morgan fingerprint density at radius 2 is 1.91 bits per heavy atom. The summed E-state index contributed by atoms with van der Waals surface area (Å²) in [5, 5.41) is 2.26. The normalized spacial score (nSPS) is 13.4. The number of nitrogens with zero attached hydrogens (tertiary/aromatic N) is 4. The van der Waals surface area contributed by atoms with Crippen LogP contribution in [0.3, 0.4) is 0 Å². The fourth-order valence-electron chi connectivity index (χ4n) is 4.42. The highest BCUT2D eigenvalue weighted by Gasteiger charge is 2.32. The van der Waals surface area contributed by atoms with Crippen molar-refractivity contribution in [3.8, 4) is 11.3 Å². The number of hydrogen-bond acceptors (Lipinski definition) is 4. The van der Waals surface area contributed by atoms with Crippen LogP contribution in [0.1, 0.15) is 22.6 Å². The van der Waals surface area contributed by atoms with Gasteiger partial charge in [-0.15, -0.1) is 0 Å². The number of halogens is 4. The third-order valence-corrected chi connectivity index (χ3v) is 6.06. The van der Waals surface area contributed by atoms with E-state index in [1.807, 2.05) is 24.3 Å². The van der Waals surface area contributed by atoms with Gasteiger partial charge in [0.05, 0.1) is 11.3 Å². The smallest absolute Gasteiger partial charge is 0.382 e. The standard InChI is InChI=1S/C24H20F4N6O/c1-12-11-30-22(29)21-20(31-13(2)34(12)21)15-3-6-19-14(9-15)7-8-33(19)23(35)32-18-10-16(24(26,27)28)4-5-17(18)25/h3-6,9-11H,7-8H2,1-2H3,(H2,29,30)(H,32,35). The Bertz CT molecular complexity index is 1490. The van der Waals surface area contributed by atoms with Crippen LogP contribution in [0, 0.1) is 19.7 Å². The van der Waals surface area contributed by atoms with Gasteiger partial charge in [-0.2, -0.15) is 13.2 Å². The molecule has 0 aliphatic carbocycles. The predicted octanol–water partition coefficient (Wildman–Crippen LogP) is 5.35. The fraction of sp³-hybridized carbons (Fsp3) is 0.208. The van der Waals surface area contributed by atoms with Crippen molar-refractivity contribution in [1.29, 1.82) is 0 Å². The summed E-state index contributed by atoms with van der Waals surface area (Å²) in [6.45, 7) is 4.07. The Labute approximate surface area is 197 Å². The van der Waals surface area contributed by atoms with Crippen LogP contribution < -0.4 is 16.0 Å². The van der Waals surface area contributed by atoms with Crippen LogP contribution in [0.5, 0.6) is 0 Å². The Balaban J connectivity index is 1.45. The number of imidazole rings is 1. The second-order valence-corrected chi connectivity index (χ2v) is 8.34. The number of alkyl halides is 3. The van der Waals surface area contributed by atoms with E-state index in [0.717, 1.165) is 22.6 Å². The number of aromatic nitrogens is 3. The number of nitrogens with two attached hydrogens (primary N) is 1.